The lowest BCUT2D eigenvalue weighted by Gasteiger charge is -2.13. The molecule has 8 aromatic heterocycles. The van der Waals surface area contributed by atoms with Crippen molar-refractivity contribution in [1.82, 2.24) is 64.7 Å². The maximum atomic E-state index is 5.17. The molecular weight excluding hydrogens is 797 g/mol. The summed E-state index contributed by atoms with van der Waals surface area (Å²) in [6.07, 6.45) is 11.5. The number of aryl methyl sites for hydroxylation is 3. The van der Waals surface area contributed by atoms with Crippen LogP contribution in [0.4, 0.5) is 0 Å². The molecule has 0 radical (unpaired) electrons. The highest BCUT2D eigenvalue weighted by molar-refractivity contribution is 5.78. The van der Waals surface area contributed by atoms with Crippen molar-refractivity contribution in [3.63, 3.8) is 0 Å². The minimum atomic E-state index is 0.196. The molecular formula is C50H45N14+. The number of benzene rings is 2. The Morgan fingerprint density at radius 3 is 2.03 bits per heavy atom. The van der Waals surface area contributed by atoms with Crippen LogP contribution in [0.3, 0.4) is 0 Å². The zero-order chi connectivity index (χ0) is 42.7. The third-order valence-electron chi connectivity index (χ3n) is 12.7. The quantitative estimate of drug-likeness (QED) is 0.0989. The number of imidazole rings is 2. The fourth-order valence-corrected chi connectivity index (χ4v) is 9.52. The third-order valence-corrected chi connectivity index (χ3v) is 12.7. The van der Waals surface area contributed by atoms with Gasteiger partial charge in [-0.25, -0.2) is 19.5 Å². The first-order valence-electron chi connectivity index (χ1n) is 21.9. The van der Waals surface area contributed by atoms with Gasteiger partial charge in [-0.3, -0.25) is 9.97 Å². The van der Waals surface area contributed by atoms with Crippen LogP contribution in [0.15, 0.2) is 128 Å². The van der Waals surface area contributed by atoms with Gasteiger partial charge in [0.1, 0.15) is 35.6 Å². The molecule has 8 heterocycles. The van der Waals surface area contributed by atoms with Gasteiger partial charge in [0.2, 0.25) is 0 Å². The number of nitrogens with zero attached hydrogens (tertiary/aromatic N) is 10. The van der Waals surface area contributed by atoms with E-state index in [-0.39, 0.29) is 6.04 Å². The molecule has 14 nitrogen and oxygen atoms in total. The second-order valence-electron chi connectivity index (χ2n) is 17.0. The molecule has 0 amide bonds. The highest BCUT2D eigenvalue weighted by Gasteiger charge is 2.27. The van der Waals surface area contributed by atoms with E-state index in [0.29, 0.717) is 19.1 Å². The molecule has 0 fully saturated rings. The van der Waals surface area contributed by atoms with Crippen LogP contribution in [-0.4, -0.2) is 60.2 Å². The molecule has 1 unspecified atom stereocenters. The SMILES string of the molecule is Cc1cccc(-c2[nH]c(CNC3Cc4ccccc4C3)nc2-c2ccc3n(c2)nc[n+]3-c2ccc3c(c2)CCC3NCc2nc(-c3ccc4ncnn4c3)c(-c3cccc(C)n3)[nH]2)n1. The van der Waals surface area contributed by atoms with Crippen LogP contribution in [0.25, 0.3) is 62.3 Å². The van der Waals surface area contributed by atoms with Gasteiger partial charge in [0.05, 0.1) is 41.6 Å². The van der Waals surface area contributed by atoms with Crippen LogP contribution in [0.1, 0.15) is 57.8 Å². The van der Waals surface area contributed by atoms with Gasteiger partial charge in [0.15, 0.2) is 5.65 Å². The Balaban J connectivity index is 0.783. The summed E-state index contributed by atoms with van der Waals surface area (Å²) in [6, 6.07) is 36.5. The van der Waals surface area contributed by atoms with Crippen LogP contribution in [-0.2, 0) is 32.4 Å². The summed E-state index contributed by atoms with van der Waals surface area (Å²) < 4.78 is 5.85. The average molecular weight is 842 g/mol. The van der Waals surface area contributed by atoms with E-state index < -0.39 is 0 Å². The number of hydrogen-bond donors (Lipinski definition) is 4. The van der Waals surface area contributed by atoms with Gasteiger partial charge in [0, 0.05) is 52.0 Å². The first-order chi connectivity index (χ1) is 31.5. The summed E-state index contributed by atoms with van der Waals surface area (Å²) in [5.74, 6) is 1.73. The number of fused-ring (bicyclic) bond motifs is 4. The van der Waals surface area contributed by atoms with Gasteiger partial charge in [-0.2, -0.15) is 9.67 Å². The molecule has 0 saturated carbocycles. The van der Waals surface area contributed by atoms with Gasteiger partial charge in [-0.15, -0.1) is 0 Å². The van der Waals surface area contributed by atoms with Crippen LogP contribution in [0.2, 0.25) is 0 Å². The minimum Gasteiger partial charge on any atom is -0.339 e. The van der Waals surface area contributed by atoms with E-state index in [9.17, 15) is 0 Å². The highest BCUT2D eigenvalue weighted by Crippen LogP contribution is 2.34. The normalized spacial score (nSPS) is 14.8. The van der Waals surface area contributed by atoms with E-state index in [1.807, 2.05) is 79.4 Å². The molecule has 64 heavy (non-hydrogen) atoms. The largest absolute Gasteiger partial charge is 0.339 e. The van der Waals surface area contributed by atoms with Crippen molar-refractivity contribution in [2.24, 2.45) is 0 Å². The molecule has 2 aliphatic rings. The maximum absolute atomic E-state index is 5.17. The topological polar surface area (TPSA) is 159 Å². The Morgan fingerprint density at radius 1 is 0.656 bits per heavy atom. The Bertz CT molecular complexity index is 3350. The molecule has 0 saturated heterocycles. The first-order valence-corrected chi connectivity index (χ1v) is 21.9. The smallest absolute Gasteiger partial charge is 0.271 e. The summed E-state index contributed by atoms with van der Waals surface area (Å²) >= 11 is 0. The number of aromatic amines is 2. The number of hydrogen-bond acceptors (Lipinski definition) is 9. The van der Waals surface area contributed by atoms with Crippen LogP contribution in [0.5, 0.6) is 0 Å². The number of rotatable bonds is 11. The number of pyridine rings is 4. The molecule has 314 valence electrons. The number of H-pyrrole nitrogens is 2. The zero-order valence-electron chi connectivity index (χ0n) is 35.5. The Hall–Kier alpha value is -7.68. The van der Waals surface area contributed by atoms with Gasteiger partial charge in [-0.05, 0) is 116 Å². The Kier molecular flexibility index (Phi) is 9.26. The van der Waals surface area contributed by atoms with Gasteiger partial charge >= 0.3 is 0 Å². The van der Waals surface area contributed by atoms with Crippen molar-refractivity contribution in [3.05, 3.63) is 173 Å². The summed E-state index contributed by atoms with van der Waals surface area (Å²) in [7, 11) is 0. The lowest BCUT2D eigenvalue weighted by atomic mass is 10.1. The van der Waals surface area contributed by atoms with Crippen LogP contribution >= 0.6 is 0 Å². The summed E-state index contributed by atoms with van der Waals surface area (Å²) in [5, 5.41) is 16.7. The molecule has 10 aromatic rings. The zero-order valence-corrected chi connectivity index (χ0v) is 35.5. The lowest BCUT2D eigenvalue weighted by molar-refractivity contribution is -0.568. The molecule has 14 heteroatoms. The predicted octanol–water partition coefficient (Wildman–Crippen LogP) is 7.21. The van der Waals surface area contributed by atoms with Crippen LogP contribution < -0.4 is 15.2 Å². The van der Waals surface area contributed by atoms with E-state index in [1.165, 1.54) is 22.3 Å². The minimum absolute atomic E-state index is 0.196. The number of nitrogens with one attached hydrogen (secondary N) is 4. The Labute approximate surface area is 368 Å². The molecule has 2 aliphatic carbocycles. The van der Waals surface area contributed by atoms with Crippen molar-refractivity contribution in [1.29, 1.82) is 0 Å². The lowest BCUT2D eigenvalue weighted by Crippen LogP contribution is -2.29. The fourth-order valence-electron chi connectivity index (χ4n) is 9.52. The second-order valence-corrected chi connectivity index (χ2v) is 17.0. The van der Waals surface area contributed by atoms with Gasteiger partial charge < -0.3 is 20.6 Å². The molecule has 4 N–H and O–H groups in total. The predicted molar refractivity (Wildman–Crippen MR) is 243 cm³/mol. The highest BCUT2D eigenvalue weighted by atomic mass is 15.3. The van der Waals surface area contributed by atoms with Crippen molar-refractivity contribution < 1.29 is 4.57 Å². The first kappa shape index (κ1) is 38.0. The van der Waals surface area contributed by atoms with E-state index in [4.69, 9.17) is 25.0 Å². The monoisotopic (exact) mass is 841 g/mol. The molecule has 12 rings (SSSR count). The van der Waals surface area contributed by atoms with E-state index in [1.54, 1.807) is 10.8 Å². The molecule has 0 spiro atoms. The average Bonchev–Trinajstić information content (AvgIpc) is 4.18. The van der Waals surface area contributed by atoms with Crippen molar-refractivity contribution in [2.75, 3.05) is 0 Å². The Morgan fingerprint density at radius 2 is 1.33 bits per heavy atom. The molecule has 1 atom stereocenters. The van der Waals surface area contributed by atoms with E-state index in [2.05, 4.69) is 96.0 Å². The van der Waals surface area contributed by atoms with Crippen molar-refractivity contribution >= 4 is 11.3 Å². The fraction of sp³-hybridized carbons (Fsp3) is 0.200. The van der Waals surface area contributed by atoms with E-state index in [0.717, 1.165) is 111 Å². The second kappa shape index (κ2) is 15.6. The summed E-state index contributed by atoms with van der Waals surface area (Å²) in [4.78, 5) is 31.5. The van der Waals surface area contributed by atoms with E-state index >= 15 is 0 Å². The third kappa shape index (κ3) is 7.02. The van der Waals surface area contributed by atoms with Crippen LogP contribution in [0, 0.1) is 13.8 Å². The molecule has 2 aromatic carbocycles. The standard InChI is InChI=1S/C50H45N14/c1-30-7-5-11-41(56-30)49-47(35-14-19-45-53-28-54-63(45)26-35)59-44(61-49)25-52-40-18-13-34-23-38(16-17-39(34)40)62-29-55-64-27-36(15-20-46(62)64)48-50(42-12-6-8-31(2)57-42)60-43(58-48)24-51-37-21-32-9-3-4-10-33(32)22-37/h3-12,14-17,19-20,23,26-29,37,40,51-52H,13,18,21-22,24-25H2,1-2H3,(H,58,60)(H,59,61)/q+1. The maximum Gasteiger partial charge on any atom is 0.271 e. The van der Waals surface area contributed by atoms with Gasteiger partial charge in [-0.1, -0.05) is 47.0 Å². The van der Waals surface area contributed by atoms with Crippen molar-refractivity contribution in [2.45, 2.75) is 64.7 Å². The summed E-state index contributed by atoms with van der Waals surface area (Å²) in [5.41, 5.74) is 17.3. The molecule has 0 bridgehead atoms. The number of aromatic nitrogens is 12. The van der Waals surface area contributed by atoms with Gasteiger partial charge in [0.25, 0.3) is 12.0 Å². The van der Waals surface area contributed by atoms with Crippen molar-refractivity contribution in [3.8, 4) is 51.0 Å². The summed E-state index contributed by atoms with van der Waals surface area (Å²) in [6.45, 7) is 5.23. The molecule has 0 aliphatic heterocycles.